The molecule has 0 saturated carbocycles. The normalized spacial score (nSPS) is 10.5. The third kappa shape index (κ3) is 7.67. The lowest BCUT2D eigenvalue weighted by molar-refractivity contribution is -0.136. The number of rotatable bonds is 9. The van der Waals surface area contributed by atoms with Gasteiger partial charge >= 0.3 is 11.8 Å². The van der Waals surface area contributed by atoms with Crippen LogP contribution >= 0.6 is 11.6 Å². The average molecular weight is 529 g/mol. The molecule has 37 heavy (non-hydrogen) atoms. The fourth-order valence-electron chi connectivity index (χ4n) is 2.95. The van der Waals surface area contributed by atoms with Crippen molar-refractivity contribution in [2.24, 2.45) is 5.10 Å². The predicted octanol–water partition coefficient (Wildman–Crippen LogP) is 3.60. The molecule has 0 fully saturated rings. The van der Waals surface area contributed by atoms with Crippen molar-refractivity contribution < 1.29 is 33.0 Å². The number of para-hydroxylation sites is 1. The van der Waals surface area contributed by atoms with Gasteiger partial charge in [-0.2, -0.15) is 5.10 Å². The summed E-state index contributed by atoms with van der Waals surface area (Å²) in [5, 5.41) is 8.65. The number of methoxy groups -OCH3 is 2. The third-order valence-electron chi connectivity index (χ3n) is 4.66. The summed E-state index contributed by atoms with van der Waals surface area (Å²) in [6.07, 6.45) is 1.24. The zero-order chi connectivity index (χ0) is 26.8. The van der Waals surface area contributed by atoms with Crippen molar-refractivity contribution in [1.82, 2.24) is 5.43 Å². The van der Waals surface area contributed by atoms with Gasteiger partial charge in [0.15, 0.2) is 18.1 Å². The number of nitrogens with zero attached hydrogens (tertiary/aromatic N) is 1. The van der Waals surface area contributed by atoms with Gasteiger partial charge in [0.1, 0.15) is 11.6 Å². The zero-order valence-corrected chi connectivity index (χ0v) is 20.5. The molecule has 3 aromatic rings. The van der Waals surface area contributed by atoms with E-state index in [9.17, 15) is 18.8 Å². The van der Waals surface area contributed by atoms with Gasteiger partial charge in [0.2, 0.25) is 0 Å². The number of hydrazone groups is 1. The van der Waals surface area contributed by atoms with Crippen LogP contribution in [-0.4, -0.2) is 44.8 Å². The molecule has 0 spiro atoms. The van der Waals surface area contributed by atoms with Crippen molar-refractivity contribution in [1.29, 1.82) is 0 Å². The largest absolute Gasteiger partial charge is 0.497 e. The minimum Gasteiger partial charge on any atom is -0.497 e. The Labute approximate surface area is 216 Å². The van der Waals surface area contributed by atoms with Crippen LogP contribution in [-0.2, 0) is 14.4 Å². The molecule has 192 valence electrons. The van der Waals surface area contributed by atoms with Crippen LogP contribution in [0.3, 0.4) is 0 Å². The second-order valence-electron chi connectivity index (χ2n) is 7.24. The van der Waals surface area contributed by atoms with Crippen molar-refractivity contribution in [3.8, 4) is 17.2 Å². The first-order chi connectivity index (χ1) is 17.8. The van der Waals surface area contributed by atoms with Crippen molar-refractivity contribution in [2.45, 2.75) is 0 Å². The Morgan fingerprint density at radius 2 is 1.76 bits per heavy atom. The third-order valence-corrected chi connectivity index (χ3v) is 4.94. The van der Waals surface area contributed by atoms with Gasteiger partial charge in [-0.3, -0.25) is 14.4 Å². The van der Waals surface area contributed by atoms with E-state index in [0.717, 1.165) is 0 Å². The number of carbonyl (C=O) groups is 3. The Bertz CT molecular complexity index is 1330. The molecule has 10 nitrogen and oxygen atoms in total. The van der Waals surface area contributed by atoms with Crippen molar-refractivity contribution in [3.05, 3.63) is 77.1 Å². The molecule has 0 aromatic heterocycles. The second kappa shape index (κ2) is 12.9. The van der Waals surface area contributed by atoms with Crippen molar-refractivity contribution >= 4 is 46.9 Å². The predicted molar refractivity (Wildman–Crippen MR) is 136 cm³/mol. The lowest BCUT2D eigenvalue weighted by Crippen LogP contribution is -2.32. The van der Waals surface area contributed by atoms with E-state index >= 15 is 0 Å². The van der Waals surface area contributed by atoms with Crippen LogP contribution in [0.15, 0.2) is 65.8 Å². The van der Waals surface area contributed by atoms with Gasteiger partial charge in [-0.1, -0.05) is 29.8 Å². The van der Waals surface area contributed by atoms with E-state index in [1.54, 1.807) is 30.3 Å². The molecule has 12 heteroatoms. The minimum absolute atomic E-state index is 0.0138. The molecule has 0 atom stereocenters. The first-order valence-corrected chi connectivity index (χ1v) is 11.0. The zero-order valence-electron chi connectivity index (χ0n) is 19.7. The van der Waals surface area contributed by atoms with E-state index in [1.165, 1.54) is 50.8 Å². The highest BCUT2D eigenvalue weighted by molar-refractivity contribution is 6.39. The quantitative estimate of drug-likeness (QED) is 0.221. The van der Waals surface area contributed by atoms with E-state index < -0.39 is 30.1 Å². The number of anilines is 2. The molecule has 0 saturated heterocycles. The molecule has 0 aliphatic heterocycles. The average Bonchev–Trinajstić information content (AvgIpc) is 2.89. The molecule has 0 heterocycles. The number of ether oxygens (including phenoxy) is 3. The van der Waals surface area contributed by atoms with Crippen LogP contribution in [0.25, 0.3) is 0 Å². The highest BCUT2D eigenvalue weighted by Gasteiger charge is 2.16. The highest BCUT2D eigenvalue weighted by atomic mass is 35.5. The van der Waals surface area contributed by atoms with Crippen molar-refractivity contribution in [3.63, 3.8) is 0 Å². The van der Waals surface area contributed by atoms with Gasteiger partial charge in [0.05, 0.1) is 31.1 Å². The van der Waals surface area contributed by atoms with Crippen LogP contribution in [0.2, 0.25) is 5.02 Å². The number of carbonyl (C=O) groups excluding carboxylic acids is 3. The Kier molecular flexibility index (Phi) is 9.39. The highest BCUT2D eigenvalue weighted by Crippen LogP contribution is 2.36. The molecule has 3 aromatic carbocycles. The maximum absolute atomic E-state index is 13.7. The van der Waals surface area contributed by atoms with E-state index in [4.69, 9.17) is 25.8 Å². The van der Waals surface area contributed by atoms with Gasteiger partial charge in [0, 0.05) is 11.8 Å². The summed E-state index contributed by atoms with van der Waals surface area (Å²) < 4.78 is 29.5. The maximum Gasteiger partial charge on any atom is 0.329 e. The van der Waals surface area contributed by atoms with Gasteiger partial charge in [-0.25, -0.2) is 9.82 Å². The monoisotopic (exact) mass is 528 g/mol. The van der Waals surface area contributed by atoms with Crippen LogP contribution in [0.1, 0.15) is 5.56 Å². The summed E-state index contributed by atoms with van der Waals surface area (Å²) in [5.74, 6) is -2.36. The van der Waals surface area contributed by atoms with Crippen LogP contribution in [0.5, 0.6) is 17.2 Å². The number of benzene rings is 3. The number of hydrogen-bond acceptors (Lipinski definition) is 7. The summed E-state index contributed by atoms with van der Waals surface area (Å²) >= 11 is 6.27. The Morgan fingerprint density at radius 1 is 0.973 bits per heavy atom. The first kappa shape index (κ1) is 27.0. The number of amides is 3. The lowest BCUT2D eigenvalue weighted by atomic mass is 10.2. The maximum atomic E-state index is 13.7. The number of halogens is 2. The van der Waals surface area contributed by atoms with Crippen LogP contribution < -0.4 is 30.3 Å². The summed E-state index contributed by atoms with van der Waals surface area (Å²) in [5.41, 5.74) is 2.90. The molecule has 0 aliphatic carbocycles. The van der Waals surface area contributed by atoms with E-state index in [1.807, 2.05) is 0 Å². The lowest BCUT2D eigenvalue weighted by Gasteiger charge is -2.13. The molecular weight excluding hydrogens is 507 g/mol. The van der Waals surface area contributed by atoms with Crippen LogP contribution in [0.4, 0.5) is 15.8 Å². The summed E-state index contributed by atoms with van der Waals surface area (Å²) in [7, 11) is 2.84. The van der Waals surface area contributed by atoms with Gasteiger partial charge in [-0.15, -0.1) is 0 Å². The molecule has 0 aliphatic rings. The van der Waals surface area contributed by atoms with E-state index in [2.05, 4.69) is 21.2 Å². The van der Waals surface area contributed by atoms with Gasteiger partial charge in [0.25, 0.3) is 5.91 Å². The molecule has 0 radical (unpaired) electrons. The van der Waals surface area contributed by atoms with Gasteiger partial charge in [-0.05, 0) is 42.0 Å². The SMILES string of the molecule is COc1cccc(NC(=O)C(=O)N/N=C\c2cc(Cl)c(OCC(=O)Nc3ccccc3F)c(OC)c2)c1. The number of nitrogens with one attached hydrogen (secondary N) is 3. The smallest absolute Gasteiger partial charge is 0.329 e. The fraction of sp³-hybridized carbons (Fsp3) is 0.120. The Hall–Kier alpha value is -4.64. The molecular formula is C25H22ClFN4O6. The Morgan fingerprint density at radius 3 is 2.49 bits per heavy atom. The van der Waals surface area contributed by atoms with E-state index in [0.29, 0.717) is 17.0 Å². The summed E-state index contributed by atoms with van der Waals surface area (Å²) in [4.78, 5) is 36.2. The molecule has 3 rings (SSSR count). The summed E-state index contributed by atoms with van der Waals surface area (Å²) in [6, 6.07) is 15.1. The van der Waals surface area contributed by atoms with Crippen LogP contribution in [0, 0.1) is 5.82 Å². The first-order valence-electron chi connectivity index (χ1n) is 10.6. The Balaban J connectivity index is 1.58. The molecule has 3 N–H and O–H groups in total. The molecule has 3 amide bonds. The topological polar surface area (TPSA) is 127 Å². The second-order valence-corrected chi connectivity index (χ2v) is 7.64. The fourth-order valence-corrected chi connectivity index (χ4v) is 3.22. The van der Waals surface area contributed by atoms with Crippen molar-refractivity contribution in [2.75, 3.05) is 31.5 Å². The van der Waals surface area contributed by atoms with E-state index in [-0.39, 0.29) is 22.2 Å². The van der Waals surface area contributed by atoms with Gasteiger partial charge < -0.3 is 24.8 Å². The minimum atomic E-state index is -1.00. The number of hydrogen-bond donors (Lipinski definition) is 3. The summed E-state index contributed by atoms with van der Waals surface area (Å²) in [6.45, 7) is -0.462. The molecule has 0 unspecified atom stereocenters. The molecule has 0 bridgehead atoms. The standard InChI is InChI=1S/C25H22ClFN4O6/c1-35-17-7-5-6-16(12-17)29-24(33)25(34)31-28-13-15-10-18(26)23(21(11-15)36-2)37-14-22(32)30-20-9-4-3-8-19(20)27/h3-13H,14H2,1-2H3,(H,29,33)(H,30,32)(H,31,34)/b28-13-.